The Morgan fingerprint density at radius 3 is 2.59 bits per heavy atom. The predicted molar refractivity (Wildman–Crippen MR) is 101 cm³/mol. The van der Waals surface area contributed by atoms with Crippen molar-refractivity contribution in [3.05, 3.63) is 53.3 Å². The molecule has 27 heavy (non-hydrogen) atoms. The molecule has 1 fully saturated rings. The molecule has 0 atom stereocenters. The summed E-state index contributed by atoms with van der Waals surface area (Å²) >= 11 is 5.99. The summed E-state index contributed by atoms with van der Waals surface area (Å²) in [6.07, 6.45) is 4.93. The maximum Gasteiger partial charge on any atom is 0.258 e. The number of carbonyl (C=O) groups is 1. The maximum atomic E-state index is 12.8. The van der Waals surface area contributed by atoms with Crippen LogP contribution in [0.25, 0.3) is 0 Å². The molecule has 2 heterocycles. The molecule has 1 aliphatic heterocycles. The minimum atomic E-state index is -3.71. The lowest BCUT2D eigenvalue weighted by Crippen LogP contribution is -2.30. The molecule has 1 aromatic heterocycles. The molecule has 9 heteroatoms. The largest absolute Gasteiger partial charge is 0.482 e. The van der Waals surface area contributed by atoms with E-state index >= 15 is 0 Å². The molecule has 0 unspecified atom stereocenters. The third kappa shape index (κ3) is 4.97. The van der Waals surface area contributed by atoms with Crippen LogP contribution < -0.4 is 10.1 Å². The van der Waals surface area contributed by atoms with Crippen molar-refractivity contribution in [3.8, 4) is 5.75 Å². The first kappa shape index (κ1) is 19.6. The Bertz CT molecular complexity index is 900. The van der Waals surface area contributed by atoms with Crippen LogP contribution in [0.1, 0.15) is 18.4 Å². The molecule has 0 bridgehead atoms. The first-order valence-corrected chi connectivity index (χ1v) is 10.4. The molecule has 1 amide bonds. The van der Waals surface area contributed by atoms with E-state index in [4.69, 9.17) is 16.3 Å². The molecule has 7 nitrogen and oxygen atoms in total. The number of hydrogen-bond acceptors (Lipinski definition) is 5. The van der Waals surface area contributed by atoms with Crippen molar-refractivity contribution >= 4 is 27.5 Å². The second-order valence-electron chi connectivity index (χ2n) is 6.12. The fraction of sp³-hybridized carbons (Fsp3) is 0.333. The summed E-state index contributed by atoms with van der Waals surface area (Å²) in [7, 11) is -3.71. The Balaban J connectivity index is 1.67. The van der Waals surface area contributed by atoms with Gasteiger partial charge >= 0.3 is 0 Å². The monoisotopic (exact) mass is 409 g/mol. The molecule has 0 saturated carbocycles. The molecule has 0 spiro atoms. The van der Waals surface area contributed by atoms with Crippen LogP contribution in [0, 0.1) is 0 Å². The Hall–Kier alpha value is -2.16. The van der Waals surface area contributed by atoms with Gasteiger partial charge in [-0.3, -0.25) is 9.78 Å². The number of rotatable bonds is 7. The summed E-state index contributed by atoms with van der Waals surface area (Å²) in [6, 6.07) is 7.96. The lowest BCUT2D eigenvalue weighted by molar-refractivity contribution is -0.123. The highest BCUT2D eigenvalue weighted by Gasteiger charge is 2.30. The number of sulfonamides is 1. The molecule has 1 aliphatic rings. The zero-order valence-corrected chi connectivity index (χ0v) is 16.2. The number of halogens is 1. The van der Waals surface area contributed by atoms with Crippen LogP contribution in [-0.2, 0) is 21.4 Å². The van der Waals surface area contributed by atoms with Crippen LogP contribution in [0.2, 0.25) is 5.02 Å². The van der Waals surface area contributed by atoms with Crippen molar-refractivity contribution in [3.63, 3.8) is 0 Å². The van der Waals surface area contributed by atoms with Crippen molar-refractivity contribution in [1.29, 1.82) is 0 Å². The van der Waals surface area contributed by atoms with Gasteiger partial charge in [0.1, 0.15) is 10.6 Å². The van der Waals surface area contributed by atoms with E-state index in [1.165, 1.54) is 22.5 Å². The minimum Gasteiger partial charge on any atom is -0.482 e. The average molecular weight is 410 g/mol. The number of nitrogens with one attached hydrogen (secondary N) is 1. The van der Waals surface area contributed by atoms with Gasteiger partial charge in [0, 0.05) is 37.1 Å². The van der Waals surface area contributed by atoms with E-state index < -0.39 is 10.0 Å². The number of carbonyl (C=O) groups excluding carboxylic acids is 1. The summed E-state index contributed by atoms with van der Waals surface area (Å²) < 4.78 is 32.6. The average Bonchev–Trinajstić information content (AvgIpc) is 3.22. The van der Waals surface area contributed by atoms with Gasteiger partial charge in [0.25, 0.3) is 5.91 Å². The lowest BCUT2D eigenvalue weighted by atomic mass is 10.3. The van der Waals surface area contributed by atoms with Gasteiger partial charge in [0.2, 0.25) is 10.0 Å². The van der Waals surface area contributed by atoms with Gasteiger partial charge < -0.3 is 10.1 Å². The number of nitrogens with zero attached hydrogens (tertiary/aromatic N) is 2. The fourth-order valence-corrected chi connectivity index (χ4v) is 4.68. The topological polar surface area (TPSA) is 88.6 Å². The maximum absolute atomic E-state index is 12.8. The van der Waals surface area contributed by atoms with Crippen LogP contribution in [0.15, 0.2) is 47.6 Å². The van der Waals surface area contributed by atoms with Gasteiger partial charge in [-0.15, -0.1) is 0 Å². The van der Waals surface area contributed by atoms with E-state index in [1.807, 2.05) is 0 Å². The third-order valence-electron chi connectivity index (χ3n) is 4.19. The zero-order chi connectivity index (χ0) is 19.3. The van der Waals surface area contributed by atoms with E-state index in [2.05, 4.69) is 10.3 Å². The molecule has 1 saturated heterocycles. The highest BCUT2D eigenvalue weighted by molar-refractivity contribution is 7.89. The van der Waals surface area contributed by atoms with Crippen LogP contribution in [0.3, 0.4) is 0 Å². The number of ether oxygens (including phenoxy) is 1. The molecule has 1 N–H and O–H groups in total. The first-order chi connectivity index (χ1) is 13.0. The van der Waals surface area contributed by atoms with Gasteiger partial charge in [0.15, 0.2) is 6.61 Å². The second kappa shape index (κ2) is 8.69. The second-order valence-corrected chi connectivity index (χ2v) is 8.47. The summed E-state index contributed by atoms with van der Waals surface area (Å²) in [5.41, 5.74) is 0.905. The van der Waals surface area contributed by atoms with Gasteiger partial charge in [-0.25, -0.2) is 8.42 Å². The number of hydrogen-bond donors (Lipinski definition) is 1. The fourth-order valence-electron chi connectivity index (χ4n) is 2.77. The Labute approximate surface area is 163 Å². The smallest absolute Gasteiger partial charge is 0.258 e. The Morgan fingerprint density at radius 2 is 1.89 bits per heavy atom. The van der Waals surface area contributed by atoms with E-state index in [9.17, 15) is 13.2 Å². The Morgan fingerprint density at radius 1 is 1.19 bits per heavy atom. The van der Waals surface area contributed by atoms with Crippen LogP contribution in [0.4, 0.5) is 0 Å². The minimum absolute atomic E-state index is 0.0150. The Kier molecular flexibility index (Phi) is 6.30. The van der Waals surface area contributed by atoms with E-state index in [-0.39, 0.29) is 23.2 Å². The number of amides is 1. The van der Waals surface area contributed by atoms with Crippen molar-refractivity contribution in [2.75, 3.05) is 19.7 Å². The molecule has 0 radical (unpaired) electrons. The van der Waals surface area contributed by atoms with Gasteiger partial charge in [-0.2, -0.15) is 4.31 Å². The molecule has 144 valence electrons. The SMILES string of the molecule is O=C(COc1ccc(Cl)cc1S(=O)(=O)N1CCCC1)NCc1ccncc1. The van der Waals surface area contributed by atoms with Gasteiger partial charge in [-0.05, 0) is 48.7 Å². The summed E-state index contributed by atoms with van der Waals surface area (Å²) in [5, 5.41) is 3.01. The van der Waals surface area contributed by atoms with Crippen LogP contribution >= 0.6 is 11.6 Å². The zero-order valence-electron chi connectivity index (χ0n) is 14.6. The number of pyridine rings is 1. The van der Waals surface area contributed by atoms with E-state index in [0.29, 0.717) is 24.7 Å². The van der Waals surface area contributed by atoms with Crippen molar-refractivity contribution < 1.29 is 17.9 Å². The standard InChI is InChI=1S/C18H20ClN3O4S/c19-15-3-4-16(17(11-15)27(24,25)22-9-1-2-10-22)26-13-18(23)21-12-14-5-7-20-8-6-14/h3-8,11H,1-2,9-10,12-13H2,(H,21,23). The van der Waals surface area contributed by atoms with Crippen molar-refractivity contribution in [2.24, 2.45) is 0 Å². The molecule has 0 aliphatic carbocycles. The normalized spacial score (nSPS) is 14.9. The first-order valence-electron chi connectivity index (χ1n) is 8.55. The number of benzene rings is 1. The van der Waals surface area contributed by atoms with Gasteiger partial charge in [-0.1, -0.05) is 11.6 Å². The molecule has 3 rings (SSSR count). The van der Waals surface area contributed by atoms with Crippen LogP contribution in [-0.4, -0.2) is 43.3 Å². The third-order valence-corrected chi connectivity index (χ3v) is 6.34. The quantitative estimate of drug-likeness (QED) is 0.757. The summed E-state index contributed by atoms with van der Waals surface area (Å²) in [5.74, 6) is -0.239. The molecule has 2 aromatic rings. The lowest BCUT2D eigenvalue weighted by Gasteiger charge is -2.18. The van der Waals surface area contributed by atoms with E-state index in [0.717, 1.165) is 18.4 Å². The van der Waals surface area contributed by atoms with Crippen molar-refractivity contribution in [1.82, 2.24) is 14.6 Å². The van der Waals surface area contributed by atoms with Crippen molar-refractivity contribution in [2.45, 2.75) is 24.3 Å². The summed E-state index contributed by atoms with van der Waals surface area (Å²) in [6.45, 7) is 0.987. The molecular formula is C18H20ClN3O4S. The summed E-state index contributed by atoms with van der Waals surface area (Å²) in [4.78, 5) is 15.9. The predicted octanol–water partition coefficient (Wildman–Crippen LogP) is 2.21. The molecule has 1 aromatic carbocycles. The van der Waals surface area contributed by atoms with E-state index in [1.54, 1.807) is 24.5 Å². The highest BCUT2D eigenvalue weighted by atomic mass is 35.5. The van der Waals surface area contributed by atoms with Gasteiger partial charge in [0.05, 0.1) is 0 Å². The molecular weight excluding hydrogens is 390 g/mol. The highest BCUT2D eigenvalue weighted by Crippen LogP contribution is 2.31. The van der Waals surface area contributed by atoms with Crippen LogP contribution in [0.5, 0.6) is 5.75 Å². The number of aromatic nitrogens is 1.